The number of ether oxygens (including phenoxy) is 1. The summed E-state index contributed by atoms with van der Waals surface area (Å²) >= 11 is 0. The predicted molar refractivity (Wildman–Crippen MR) is 115 cm³/mol. The van der Waals surface area contributed by atoms with Crippen molar-refractivity contribution in [2.75, 3.05) is 39.3 Å². The fourth-order valence-corrected chi connectivity index (χ4v) is 4.21. The van der Waals surface area contributed by atoms with Crippen molar-refractivity contribution < 1.29 is 4.74 Å². The van der Waals surface area contributed by atoms with Crippen LogP contribution in [0.1, 0.15) is 57.4 Å². The number of likely N-dealkylation sites (tertiary alicyclic amines) is 1. The van der Waals surface area contributed by atoms with Gasteiger partial charge >= 0.3 is 0 Å². The Hall–Kier alpha value is -0.480. The van der Waals surface area contributed by atoms with Gasteiger partial charge in [-0.2, -0.15) is 0 Å². The van der Waals surface area contributed by atoms with E-state index in [2.05, 4.69) is 48.3 Å². The fraction of sp³-hybridized carbons (Fsp3) is 0.714. The largest absolute Gasteiger partial charge is 0.494 e. The second-order valence-electron chi connectivity index (χ2n) is 8.34. The third-order valence-electron chi connectivity index (χ3n) is 5.56. The lowest BCUT2D eigenvalue weighted by Gasteiger charge is -2.38. The van der Waals surface area contributed by atoms with Crippen LogP contribution in [0.3, 0.4) is 0 Å². The third kappa shape index (κ3) is 7.26. The van der Waals surface area contributed by atoms with Crippen LogP contribution in [0.15, 0.2) is 24.3 Å². The highest BCUT2D eigenvalue weighted by Crippen LogP contribution is 2.28. The first-order valence-corrected chi connectivity index (χ1v) is 9.78. The average molecular weight is 403 g/mol. The molecule has 3 nitrogen and oxygen atoms in total. The Kier molecular flexibility index (Phi) is 10.3. The van der Waals surface area contributed by atoms with Gasteiger partial charge in [-0.1, -0.05) is 26.0 Å². The average Bonchev–Trinajstić information content (AvgIpc) is 2.59. The van der Waals surface area contributed by atoms with Crippen molar-refractivity contribution in [2.45, 2.75) is 51.9 Å². The Morgan fingerprint density at radius 2 is 1.81 bits per heavy atom. The molecule has 150 valence electrons. The number of halogens is 2. The minimum atomic E-state index is 0. The quantitative estimate of drug-likeness (QED) is 0.685. The lowest BCUT2D eigenvalue weighted by molar-refractivity contribution is 0.111. The Bertz CT molecular complexity index is 501. The molecule has 5 heteroatoms. The van der Waals surface area contributed by atoms with Gasteiger partial charge < -0.3 is 15.0 Å². The van der Waals surface area contributed by atoms with E-state index >= 15 is 0 Å². The minimum absolute atomic E-state index is 0. The standard InChI is InChI=1S/C21H34N2O.2ClH/c1-21(2)11-3-14-23(17-21)15-4-16-24-20-7-5-18(6-8-20)19-9-12-22-13-10-19;;/h5-8,19,22H,3-4,9-17H2,1-2H3;2*1H. The minimum Gasteiger partial charge on any atom is -0.494 e. The monoisotopic (exact) mass is 402 g/mol. The van der Waals surface area contributed by atoms with Gasteiger partial charge in [0.05, 0.1) is 6.61 Å². The number of hydrogen-bond acceptors (Lipinski definition) is 3. The first-order chi connectivity index (χ1) is 11.6. The molecule has 1 aromatic rings. The maximum absolute atomic E-state index is 5.95. The molecule has 3 rings (SSSR count). The van der Waals surface area contributed by atoms with Crippen molar-refractivity contribution in [1.29, 1.82) is 0 Å². The van der Waals surface area contributed by atoms with E-state index in [0.717, 1.165) is 44.3 Å². The number of nitrogens with one attached hydrogen (secondary N) is 1. The van der Waals surface area contributed by atoms with E-state index in [9.17, 15) is 0 Å². The lowest BCUT2D eigenvalue weighted by Crippen LogP contribution is -2.40. The van der Waals surface area contributed by atoms with Crippen molar-refractivity contribution in [2.24, 2.45) is 5.41 Å². The second-order valence-corrected chi connectivity index (χ2v) is 8.34. The number of piperidine rings is 2. The van der Waals surface area contributed by atoms with Gasteiger partial charge in [0.1, 0.15) is 5.75 Å². The number of nitrogens with zero attached hydrogens (tertiary/aromatic N) is 1. The van der Waals surface area contributed by atoms with Crippen molar-refractivity contribution in [1.82, 2.24) is 10.2 Å². The summed E-state index contributed by atoms with van der Waals surface area (Å²) in [5.41, 5.74) is 1.96. The highest BCUT2D eigenvalue weighted by molar-refractivity contribution is 5.85. The molecule has 0 aromatic heterocycles. The molecule has 0 unspecified atom stereocenters. The van der Waals surface area contributed by atoms with Crippen LogP contribution >= 0.6 is 24.8 Å². The summed E-state index contributed by atoms with van der Waals surface area (Å²) < 4.78 is 5.95. The van der Waals surface area contributed by atoms with E-state index < -0.39 is 0 Å². The van der Waals surface area contributed by atoms with Crippen LogP contribution < -0.4 is 10.1 Å². The molecule has 1 aromatic carbocycles. The lowest BCUT2D eigenvalue weighted by atomic mass is 9.84. The Balaban J connectivity index is 0.00000169. The van der Waals surface area contributed by atoms with Gasteiger partial charge in [-0.15, -0.1) is 24.8 Å². The van der Waals surface area contributed by atoms with E-state index in [0.29, 0.717) is 5.41 Å². The van der Waals surface area contributed by atoms with Crippen molar-refractivity contribution in [3.63, 3.8) is 0 Å². The molecule has 2 aliphatic rings. The number of benzene rings is 1. The molecule has 0 atom stereocenters. The highest BCUT2D eigenvalue weighted by atomic mass is 35.5. The molecule has 2 saturated heterocycles. The number of rotatable bonds is 6. The molecule has 2 aliphatic heterocycles. The summed E-state index contributed by atoms with van der Waals surface area (Å²) in [6.45, 7) is 11.6. The Morgan fingerprint density at radius 1 is 1.12 bits per heavy atom. The maximum atomic E-state index is 5.95. The topological polar surface area (TPSA) is 24.5 Å². The summed E-state index contributed by atoms with van der Waals surface area (Å²) in [6.07, 6.45) is 6.33. The normalized spacial score (nSPS) is 20.7. The molecular weight excluding hydrogens is 367 g/mol. The summed E-state index contributed by atoms with van der Waals surface area (Å²) in [5.74, 6) is 1.74. The van der Waals surface area contributed by atoms with E-state index in [1.165, 1.54) is 44.3 Å². The predicted octanol–water partition coefficient (Wildman–Crippen LogP) is 4.89. The van der Waals surface area contributed by atoms with Crippen LogP contribution in [0.2, 0.25) is 0 Å². The van der Waals surface area contributed by atoms with Crippen molar-refractivity contribution >= 4 is 24.8 Å². The van der Waals surface area contributed by atoms with Gasteiger partial charge in [0.15, 0.2) is 0 Å². The van der Waals surface area contributed by atoms with E-state index in [-0.39, 0.29) is 24.8 Å². The van der Waals surface area contributed by atoms with E-state index in [1.54, 1.807) is 0 Å². The van der Waals surface area contributed by atoms with E-state index in [4.69, 9.17) is 4.74 Å². The molecule has 0 radical (unpaired) electrons. The molecule has 0 bridgehead atoms. The smallest absolute Gasteiger partial charge is 0.119 e. The number of hydrogen-bond donors (Lipinski definition) is 1. The van der Waals surface area contributed by atoms with Gasteiger partial charge in [-0.05, 0) is 80.8 Å². The zero-order valence-corrected chi connectivity index (χ0v) is 18.0. The van der Waals surface area contributed by atoms with Crippen molar-refractivity contribution in [3.8, 4) is 5.75 Å². The van der Waals surface area contributed by atoms with Gasteiger partial charge in [0, 0.05) is 13.1 Å². The fourth-order valence-electron chi connectivity index (χ4n) is 4.21. The Morgan fingerprint density at radius 3 is 2.46 bits per heavy atom. The first kappa shape index (κ1) is 23.6. The molecule has 0 spiro atoms. The summed E-state index contributed by atoms with van der Waals surface area (Å²) in [4.78, 5) is 2.60. The van der Waals surface area contributed by atoms with Crippen LogP contribution in [-0.4, -0.2) is 44.2 Å². The summed E-state index contributed by atoms with van der Waals surface area (Å²) in [6, 6.07) is 8.83. The Labute approximate surface area is 172 Å². The first-order valence-electron chi connectivity index (χ1n) is 9.78. The molecule has 0 amide bonds. The second kappa shape index (κ2) is 11.4. The van der Waals surface area contributed by atoms with Crippen LogP contribution in [0.25, 0.3) is 0 Å². The third-order valence-corrected chi connectivity index (χ3v) is 5.56. The van der Waals surface area contributed by atoms with Crippen LogP contribution in [0, 0.1) is 5.41 Å². The molecular formula is C21H36Cl2N2O. The molecule has 2 heterocycles. The zero-order valence-electron chi connectivity index (χ0n) is 16.3. The molecule has 26 heavy (non-hydrogen) atoms. The molecule has 2 fully saturated rings. The van der Waals surface area contributed by atoms with Crippen LogP contribution in [-0.2, 0) is 0 Å². The van der Waals surface area contributed by atoms with Gasteiger partial charge in [-0.3, -0.25) is 0 Å². The maximum Gasteiger partial charge on any atom is 0.119 e. The molecule has 1 N–H and O–H groups in total. The van der Waals surface area contributed by atoms with Crippen LogP contribution in [0.5, 0.6) is 5.75 Å². The highest BCUT2D eigenvalue weighted by Gasteiger charge is 2.25. The zero-order chi connectivity index (χ0) is 16.8. The molecule has 0 saturated carbocycles. The summed E-state index contributed by atoms with van der Waals surface area (Å²) in [5, 5.41) is 3.43. The van der Waals surface area contributed by atoms with Gasteiger partial charge in [0.25, 0.3) is 0 Å². The van der Waals surface area contributed by atoms with Gasteiger partial charge in [-0.25, -0.2) is 0 Å². The SMILES string of the molecule is CC1(C)CCCN(CCCOc2ccc(C3CCNCC3)cc2)C1.Cl.Cl. The van der Waals surface area contributed by atoms with Crippen LogP contribution in [0.4, 0.5) is 0 Å². The van der Waals surface area contributed by atoms with Gasteiger partial charge in [0.2, 0.25) is 0 Å². The van der Waals surface area contributed by atoms with E-state index in [1.807, 2.05) is 0 Å². The molecule has 0 aliphatic carbocycles. The van der Waals surface area contributed by atoms with Crippen molar-refractivity contribution in [3.05, 3.63) is 29.8 Å². The summed E-state index contributed by atoms with van der Waals surface area (Å²) in [7, 11) is 0.